The molecule has 1 aromatic rings. The van der Waals surface area contributed by atoms with Gasteiger partial charge in [0.05, 0.1) is 17.1 Å². The monoisotopic (exact) mass is 232 g/mol. The molecule has 1 N–H and O–H groups in total. The number of carboxylic acids is 1. The smallest absolute Gasteiger partial charge is 0.318 e. The predicted octanol–water partition coefficient (Wildman–Crippen LogP) is -0.272. The molecule has 0 saturated carbocycles. The summed E-state index contributed by atoms with van der Waals surface area (Å²) in [4.78, 5) is 10.3. The van der Waals surface area contributed by atoms with Gasteiger partial charge in [0.2, 0.25) is 0 Å². The van der Waals surface area contributed by atoms with Crippen molar-refractivity contribution in [2.24, 2.45) is 7.05 Å². The second kappa shape index (κ2) is 4.01. The highest BCUT2D eigenvalue weighted by molar-refractivity contribution is 7.91. The van der Waals surface area contributed by atoms with E-state index in [1.165, 1.54) is 4.68 Å². The van der Waals surface area contributed by atoms with Gasteiger partial charge in [-0.05, 0) is 13.0 Å². The zero-order valence-electron chi connectivity index (χ0n) is 8.47. The Hall–Kier alpha value is -1.37. The third-order valence-electron chi connectivity index (χ3n) is 1.81. The average molecular weight is 232 g/mol. The van der Waals surface area contributed by atoms with Crippen molar-refractivity contribution in [1.29, 1.82) is 0 Å². The summed E-state index contributed by atoms with van der Waals surface area (Å²) in [6.45, 7) is 1.74. The van der Waals surface area contributed by atoms with Gasteiger partial charge < -0.3 is 5.11 Å². The molecule has 0 aromatic carbocycles. The Kier molecular flexibility index (Phi) is 3.13. The molecule has 0 saturated heterocycles. The third kappa shape index (κ3) is 3.35. The molecular weight excluding hydrogens is 220 g/mol. The molecule has 0 radical (unpaired) electrons. The number of rotatable bonds is 4. The van der Waals surface area contributed by atoms with Gasteiger partial charge in [0.25, 0.3) is 0 Å². The van der Waals surface area contributed by atoms with Crippen LogP contribution in [0.25, 0.3) is 0 Å². The lowest BCUT2D eigenvalue weighted by atomic mass is 10.4. The number of hydrogen-bond donors (Lipinski definition) is 1. The maximum absolute atomic E-state index is 11.3. The Morgan fingerprint density at radius 2 is 2.20 bits per heavy atom. The van der Waals surface area contributed by atoms with E-state index in [1.807, 2.05) is 0 Å². The lowest BCUT2D eigenvalue weighted by Crippen LogP contribution is -2.18. The zero-order valence-corrected chi connectivity index (χ0v) is 9.28. The normalized spacial score (nSPS) is 11.6. The van der Waals surface area contributed by atoms with Crippen LogP contribution in [-0.4, -0.2) is 35.0 Å². The molecule has 6 nitrogen and oxygen atoms in total. The van der Waals surface area contributed by atoms with E-state index in [-0.39, 0.29) is 5.75 Å². The molecule has 0 aliphatic carbocycles. The average Bonchev–Trinajstić information content (AvgIpc) is 2.25. The largest absolute Gasteiger partial charge is 0.480 e. The third-order valence-corrected chi connectivity index (χ3v) is 3.23. The second-order valence-corrected chi connectivity index (χ2v) is 5.39. The van der Waals surface area contributed by atoms with E-state index in [2.05, 4.69) is 5.10 Å². The highest BCUT2D eigenvalue weighted by Crippen LogP contribution is 2.07. The lowest BCUT2D eigenvalue weighted by molar-refractivity contribution is -0.134. The van der Waals surface area contributed by atoms with Crippen LogP contribution in [0.4, 0.5) is 0 Å². The number of sulfone groups is 1. The SMILES string of the molecule is Cc1cc(CS(=O)(=O)CC(=O)O)n(C)n1. The first kappa shape index (κ1) is 11.7. The van der Waals surface area contributed by atoms with E-state index in [0.29, 0.717) is 11.4 Å². The molecule has 1 rings (SSSR count). The summed E-state index contributed by atoms with van der Waals surface area (Å²) >= 11 is 0. The standard InChI is InChI=1S/C8H12N2O4S/c1-6-3-7(10(2)9-6)4-15(13,14)5-8(11)12/h3H,4-5H2,1-2H3,(H,11,12). The summed E-state index contributed by atoms with van der Waals surface area (Å²) < 4.78 is 24.1. The van der Waals surface area contributed by atoms with Gasteiger partial charge in [-0.25, -0.2) is 8.42 Å². The van der Waals surface area contributed by atoms with Gasteiger partial charge in [0.1, 0.15) is 5.75 Å². The summed E-state index contributed by atoms with van der Waals surface area (Å²) in [7, 11) is -1.98. The van der Waals surface area contributed by atoms with Gasteiger partial charge >= 0.3 is 5.97 Å². The minimum atomic E-state index is -3.60. The number of aliphatic carboxylic acids is 1. The Morgan fingerprint density at radius 1 is 1.60 bits per heavy atom. The molecule has 0 unspecified atom stereocenters. The van der Waals surface area contributed by atoms with Crippen LogP contribution in [0.3, 0.4) is 0 Å². The molecule has 0 aliphatic rings. The van der Waals surface area contributed by atoms with Crippen molar-refractivity contribution in [3.63, 3.8) is 0 Å². The number of hydrogen-bond acceptors (Lipinski definition) is 4. The van der Waals surface area contributed by atoms with Crippen molar-refractivity contribution in [3.05, 3.63) is 17.5 Å². The molecule has 7 heteroatoms. The summed E-state index contributed by atoms with van der Waals surface area (Å²) in [6.07, 6.45) is 0. The van der Waals surface area contributed by atoms with E-state index in [4.69, 9.17) is 5.11 Å². The number of nitrogens with zero attached hydrogens (tertiary/aromatic N) is 2. The fraction of sp³-hybridized carbons (Fsp3) is 0.500. The molecule has 0 fully saturated rings. The van der Waals surface area contributed by atoms with Crippen LogP contribution in [-0.2, 0) is 27.4 Å². The van der Waals surface area contributed by atoms with Gasteiger partial charge in [0, 0.05) is 7.05 Å². The van der Waals surface area contributed by atoms with E-state index < -0.39 is 21.6 Å². The Labute approximate surface area is 87.4 Å². The van der Waals surface area contributed by atoms with Crippen LogP contribution < -0.4 is 0 Å². The summed E-state index contributed by atoms with van der Waals surface area (Å²) in [5, 5.41) is 12.4. The first-order chi connectivity index (χ1) is 6.80. The highest BCUT2D eigenvalue weighted by Gasteiger charge is 2.18. The fourth-order valence-electron chi connectivity index (χ4n) is 1.26. The summed E-state index contributed by atoms with van der Waals surface area (Å²) in [6, 6.07) is 1.62. The molecule has 0 atom stereocenters. The van der Waals surface area contributed by atoms with Crippen molar-refractivity contribution in [3.8, 4) is 0 Å². The molecule has 84 valence electrons. The Bertz CT molecular complexity index is 475. The van der Waals surface area contributed by atoms with Crippen molar-refractivity contribution < 1.29 is 18.3 Å². The summed E-state index contributed by atoms with van der Waals surface area (Å²) in [5.74, 6) is -2.48. The van der Waals surface area contributed by atoms with Gasteiger partial charge in [-0.2, -0.15) is 5.10 Å². The molecular formula is C8H12N2O4S. The number of carboxylic acid groups (broad SMARTS) is 1. The lowest BCUT2D eigenvalue weighted by Gasteiger charge is -2.01. The van der Waals surface area contributed by atoms with Crippen LogP contribution >= 0.6 is 0 Å². The minimum Gasteiger partial charge on any atom is -0.480 e. The number of aromatic nitrogens is 2. The van der Waals surface area contributed by atoms with Crippen LogP contribution in [0.15, 0.2) is 6.07 Å². The molecule has 15 heavy (non-hydrogen) atoms. The maximum Gasteiger partial charge on any atom is 0.318 e. The van der Waals surface area contributed by atoms with Gasteiger partial charge in [0.15, 0.2) is 9.84 Å². The maximum atomic E-state index is 11.3. The van der Waals surface area contributed by atoms with Crippen molar-refractivity contribution >= 4 is 15.8 Å². The highest BCUT2D eigenvalue weighted by atomic mass is 32.2. The van der Waals surface area contributed by atoms with Gasteiger partial charge in [-0.1, -0.05) is 0 Å². The topological polar surface area (TPSA) is 89.3 Å². The number of aryl methyl sites for hydroxylation is 2. The Balaban J connectivity index is 2.86. The molecule has 0 amide bonds. The molecule has 0 bridgehead atoms. The quantitative estimate of drug-likeness (QED) is 0.771. The van der Waals surface area contributed by atoms with Gasteiger partial charge in [-0.15, -0.1) is 0 Å². The van der Waals surface area contributed by atoms with Crippen LogP contribution in [0.2, 0.25) is 0 Å². The molecule has 1 aromatic heterocycles. The van der Waals surface area contributed by atoms with Crippen LogP contribution in [0, 0.1) is 6.92 Å². The van der Waals surface area contributed by atoms with Crippen LogP contribution in [0.5, 0.6) is 0 Å². The minimum absolute atomic E-state index is 0.295. The molecule has 1 heterocycles. The predicted molar refractivity (Wildman–Crippen MR) is 53.1 cm³/mol. The molecule has 0 spiro atoms. The van der Waals surface area contributed by atoms with Crippen molar-refractivity contribution in [1.82, 2.24) is 9.78 Å². The van der Waals surface area contributed by atoms with Gasteiger partial charge in [-0.3, -0.25) is 9.48 Å². The van der Waals surface area contributed by atoms with Crippen LogP contribution in [0.1, 0.15) is 11.4 Å². The van der Waals surface area contributed by atoms with Crippen molar-refractivity contribution in [2.75, 3.05) is 5.75 Å². The van der Waals surface area contributed by atoms with E-state index in [9.17, 15) is 13.2 Å². The number of carbonyl (C=O) groups is 1. The van der Waals surface area contributed by atoms with E-state index in [1.54, 1.807) is 20.0 Å². The first-order valence-corrected chi connectivity index (χ1v) is 6.04. The Morgan fingerprint density at radius 3 is 2.60 bits per heavy atom. The van der Waals surface area contributed by atoms with E-state index >= 15 is 0 Å². The van der Waals surface area contributed by atoms with Crippen molar-refractivity contribution in [2.45, 2.75) is 12.7 Å². The molecule has 0 aliphatic heterocycles. The first-order valence-electron chi connectivity index (χ1n) is 4.22. The van der Waals surface area contributed by atoms with E-state index in [0.717, 1.165) is 0 Å². The zero-order chi connectivity index (χ0) is 11.6. The fourth-order valence-corrected chi connectivity index (χ4v) is 2.46. The second-order valence-electron chi connectivity index (χ2n) is 3.33. The summed E-state index contributed by atoms with van der Waals surface area (Å²) in [5.41, 5.74) is 1.20.